The van der Waals surface area contributed by atoms with Gasteiger partial charge in [0.25, 0.3) is 0 Å². The number of nitrogens with two attached hydrogens (primary N) is 1. The molecule has 2 heterocycles. The Hall–Kier alpha value is -2.43. The summed E-state index contributed by atoms with van der Waals surface area (Å²) in [5.74, 6) is 2.56. The summed E-state index contributed by atoms with van der Waals surface area (Å²) >= 11 is 0. The number of ether oxygens (including phenoxy) is 3. The molecule has 1 aromatic carbocycles. The van der Waals surface area contributed by atoms with Crippen LogP contribution in [0.5, 0.6) is 23.1 Å². The van der Waals surface area contributed by atoms with Crippen molar-refractivity contribution in [2.45, 2.75) is 6.92 Å². The molecule has 92 valence electrons. The molecule has 0 aliphatic carbocycles. The maximum absolute atomic E-state index is 5.70. The number of fused-ring (bicyclic) bond motifs is 1. The molecule has 0 saturated carbocycles. The molecular formula is C13H12N2O3. The van der Waals surface area contributed by atoms with Gasteiger partial charge in [-0.2, -0.15) is 0 Å². The zero-order chi connectivity index (χ0) is 12.5. The standard InChI is InChI=1S/C13H12N2O3/c1-8-10(14)3-5-13(15-8)18-9-2-4-11-12(6-9)17-7-16-11/h2-6H,7,14H2,1H3. The second-order valence-electron chi connectivity index (χ2n) is 3.94. The van der Waals surface area contributed by atoms with Gasteiger partial charge in [0.1, 0.15) is 5.75 Å². The Morgan fingerprint density at radius 2 is 2.00 bits per heavy atom. The van der Waals surface area contributed by atoms with Crippen LogP contribution in [0.3, 0.4) is 0 Å². The van der Waals surface area contributed by atoms with Gasteiger partial charge in [-0.1, -0.05) is 0 Å². The first kappa shape index (κ1) is 10.7. The predicted octanol–water partition coefficient (Wildman–Crippen LogP) is 2.49. The highest BCUT2D eigenvalue weighted by molar-refractivity contribution is 5.48. The fraction of sp³-hybridized carbons (Fsp3) is 0.154. The lowest BCUT2D eigenvalue weighted by molar-refractivity contribution is 0.174. The molecule has 0 bridgehead atoms. The molecule has 1 aliphatic rings. The highest BCUT2D eigenvalue weighted by Crippen LogP contribution is 2.36. The largest absolute Gasteiger partial charge is 0.454 e. The van der Waals surface area contributed by atoms with Crippen molar-refractivity contribution in [2.24, 2.45) is 0 Å². The minimum absolute atomic E-state index is 0.248. The lowest BCUT2D eigenvalue weighted by atomic mass is 10.3. The van der Waals surface area contributed by atoms with Gasteiger partial charge in [0.2, 0.25) is 12.7 Å². The van der Waals surface area contributed by atoms with E-state index in [1.165, 1.54) is 0 Å². The highest BCUT2D eigenvalue weighted by atomic mass is 16.7. The third kappa shape index (κ3) is 1.90. The number of aryl methyl sites for hydroxylation is 1. The SMILES string of the molecule is Cc1nc(Oc2ccc3c(c2)OCO3)ccc1N. The Bertz CT molecular complexity index is 599. The molecule has 1 aliphatic heterocycles. The van der Waals surface area contributed by atoms with Crippen LogP contribution < -0.4 is 19.9 Å². The molecule has 18 heavy (non-hydrogen) atoms. The van der Waals surface area contributed by atoms with Crippen molar-refractivity contribution >= 4 is 5.69 Å². The number of hydrogen-bond acceptors (Lipinski definition) is 5. The maximum atomic E-state index is 5.70. The first-order valence-corrected chi connectivity index (χ1v) is 5.53. The van der Waals surface area contributed by atoms with Crippen molar-refractivity contribution in [3.05, 3.63) is 36.0 Å². The van der Waals surface area contributed by atoms with Crippen LogP contribution in [0, 0.1) is 6.92 Å². The van der Waals surface area contributed by atoms with Crippen LogP contribution in [-0.2, 0) is 0 Å². The lowest BCUT2D eigenvalue weighted by Gasteiger charge is -2.07. The fourth-order valence-electron chi connectivity index (χ4n) is 1.67. The Balaban J connectivity index is 1.85. The lowest BCUT2D eigenvalue weighted by Crippen LogP contribution is -1.95. The van der Waals surface area contributed by atoms with Crippen LogP contribution in [0.4, 0.5) is 5.69 Å². The van der Waals surface area contributed by atoms with Crippen molar-refractivity contribution in [1.82, 2.24) is 4.98 Å². The molecule has 0 radical (unpaired) electrons. The smallest absolute Gasteiger partial charge is 0.231 e. The van der Waals surface area contributed by atoms with Crippen LogP contribution in [-0.4, -0.2) is 11.8 Å². The van der Waals surface area contributed by atoms with E-state index in [2.05, 4.69) is 4.98 Å². The highest BCUT2D eigenvalue weighted by Gasteiger charge is 2.14. The van der Waals surface area contributed by atoms with Crippen LogP contribution in [0.1, 0.15) is 5.69 Å². The third-order valence-electron chi connectivity index (χ3n) is 2.67. The minimum Gasteiger partial charge on any atom is -0.454 e. The molecule has 0 spiro atoms. The molecule has 0 saturated heterocycles. The van der Waals surface area contributed by atoms with E-state index in [9.17, 15) is 0 Å². The zero-order valence-electron chi connectivity index (χ0n) is 9.84. The summed E-state index contributed by atoms with van der Waals surface area (Å²) in [4.78, 5) is 4.24. The normalized spacial score (nSPS) is 12.5. The van der Waals surface area contributed by atoms with Gasteiger partial charge in [0.15, 0.2) is 11.5 Å². The summed E-state index contributed by atoms with van der Waals surface area (Å²) < 4.78 is 16.1. The number of hydrogen-bond donors (Lipinski definition) is 1. The van der Waals surface area contributed by atoms with Crippen molar-refractivity contribution in [2.75, 3.05) is 12.5 Å². The number of anilines is 1. The van der Waals surface area contributed by atoms with Gasteiger partial charge in [-0.05, 0) is 25.1 Å². The maximum Gasteiger partial charge on any atom is 0.231 e. The fourth-order valence-corrected chi connectivity index (χ4v) is 1.67. The minimum atomic E-state index is 0.248. The van der Waals surface area contributed by atoms with E-state index in [0.717, 1.165) is 11.4 Å². The van der Waals surface area contributed by atoms with Gasteiger partial charge in [0, 0.05) is 12.1 Å². The second-order valence-corrected chi connectivity index (χ2v) is 3.94. The van der Waals surface area contributed by atoms with E-state index in [1.807, 2.05) is 13.0 Å². The average molecular weight is 244 g/mol. The van der Waals surface area contributed by atoms with E-state index in [4.69, 9.17) is 19.9 Å². The van der Waals surface area contributed by atoms with Crippen LogP contribution in [0.2, 0.25) is 0 Å². The summed E-state index contributed by atoms with van der Waals surface area (Å²) in [5, 5.41) is 0. The van der Waals surface area contributed by atoms with E-state index >= 15 is 0 Å². The number of rotatable bonds is 2. The molecule has 0 unspecified atom stereocenters. The first-order valence-electron chi connectivity index (χ1n) is 5.53. The molecule has 2 aromatic rings. The Labute approximate surface area is 104 Å². The van der Waals surface area contributed by atoms with E-state index < -0.39 is 0 Å². The summed E-state index contributed by atoms with van der Waals surface area (Å²) in [6, 6.07) is 8.88. The molecule has 5 heteroatoms. The Morgan fingerprint density at radius 3 is 2.83 bits per heavy atom. The van der Waals surface area contributed by atoms with Crippen LogP contribution in [0.15, 0.2) is 30.3 Å². The second kappa shape index (κ2) is 4.10. The zero-order valence-corrected chi connectivity index (χ0v) is 9.84. The van der Waals surface area contributed by atoms with E-state index in [-0.39, 0.29) is 6.79 Å². The van der Waals surface area contributed by atoms with Crippen LogP contribution in [0.25, 0.3) is 0 Å². The molecule has 2 N–H and O–H groups in total. The first-order chi connectivity index (χ1) is 8.72. The molecule has 3 rings (SSSR count). The molecule has 0 amide bonds. The van der Waals surface area contributed by atoms with Crippen LogP contribution >= 0.6 is 0 Å². The van der Waals surface area contributed by atoms with Crippen molar-refractivity contribution < 1.29 is 14.2 Å². The number of benzene rings is 1. The van der Waals surface area contributed by atoms with Gasteiger partial charge in [0.05, 0.1) is 11.4 Å². The van der Waals surface area contributed by atoms with E-state index in [0.29, 0.717) is 23.1 Å². The Morgan fingerprint density at radius 1 is 1.17 bits per heavy atom. The Kier molecular flexibility index (Phi) is 2.44. The number of aromatic nitrogens is 1. The number of pyridine rings is 1. The summed E-state index contributed by atoms with van der Waals surface area (Å²) in [5.41, 5.74) is 7.09. The topological polar surface area (TPSA) is 66.6 Å². The molecular weight excluding hydrogens is 232 g/mol. The molecule has 1 aromatic heterocycles. The van der Waals surface area contributed by atoms with Gasteiger partial charge < -0.3 is 19.9 Å². The summed E-state index contributed by atoms with van der Waals surface area (Å²) in [6.07, 6.45) is 0. The average Bonchev–Trinajstić information content (AvgIpc) is 2.81. The van der Waals surface area contributed by atoms with Crippen molar-refractivity contribution in [3.8, 4) is 23.1 Å². The summed E-state index contributed by atoms with van der Waals surface area (Å²) in [6.45, 7) is 2.08. The van der Waals surface area contributed by atoms with Gasteiger partial charge >= 0.3 is 0 Å². The van der Waals surface area contributed by atoms with Gasteiger partial charge in [-0.25, -0.2) is 4.98 Å². The van der Waals surface area contributed by atoms with Gasteiger partial charge in [-0.15, -0.1) is 0 Å². The number of nitrogen functional groups attached to an aromatic ring is 1. The predicted molar refractivity (Wildman–Crippen MR) is 66.0 cm³/mol. The van der Waals surface area contributed by atoms with Crippen molar-refractivity contribution in [1.29, 1.82) is 0 Å². The van der Waals surface area contributed by atoms with Gasteiger partial charge in [-0.3, -0.25) is 0 Å². The molecule has 0 atom stereocenters. The van der Waals surface area contributed by atoms with Crippen molar-refractivity contribution in [3.63, 3.8) is 0 Å². The van der Waals surface area contributed by atoms with E-state index in [1.54, 1.807) is 24.3 Å². The number of nitrogens with zero attached hydrogens (tertiary/aromatic N) is 1. The molecule has 0 fully saturated rings. The third-order valence-corrected chi connectivity index (χ3v) is 2.67. The molecule has 5 nitrogen and oxygen atoms in total. The quantitative estimate of drug-likeness (QED) is 0.879. The summed E-state index contributed by atoms with van der Waals surface area (Å²) in [7, 11) is 0. The monoisotopic (exact) mass is 244 g/mol.